The van der Waals surface area contributed by atoms with Gasteiger partial charge in [-0.2, -0.15) is 0 Å². The lowest BCUT2D eigenvalue weighted by atomic mass is 9.88. The molecule has 0 saturated heterocycles. The molecular formula is C24H28ClN3O. The summed E-state index contributed by atoms with van der Waals surface area (Å²) in [4.78, 5) is 17.8. The van der Waals surface area contributed by atoms with E-state index in [1.807, 2.05) is 42.5 Å². The van der Waals surface area contributed by atoms with Crippen LogP contribution in [-0.2, 0) is 11.3 Å². The van der Waals surface area contributed by atoms with Crippen LogP contribution in [0.4, 0.5) is 0 Å². The van der Waals surface area contributed by atoms with E-state index in [2.05, 4.69) is 22.9 Å². The molecule has 29 heavy (non-hydrogen) atoms. The van der Waals surface area contributed by atoms with E-state index in [-0.39, 0.29) is 17.9 Å². The molecule has 1 heterocycles. The lowest BCUT2D eigenvalue weighted by Crippen LogP contribution is -2.36. The van der Waals surface area contributed by atoms with E-state index in [9.17, 15) is 4.79 Å². The van der Waals surface area contributed by atoms with Crippen LogP contribution < -0.4 is 5.32 Å². The van der Waals surface area contributed by atoms with Crippen molar-refractivity contribution in [1.29, 1.82) is 0 Å². The van der Waals surface area contributed by atoms with Crippen molar-refractivity contribution in [1.82, 2.24) is 14.9 Å². The van der Waals surface area contributed by atoms with Crippen molar-refractivity contribution in [3.63, 3.8) is 0 Å². The van der Waals surface area contributed by atoms with Gasteiger partial charge in [0.05, 0.1) is 17.1 Å². The molecule has 1 aliphatic rings. The maximum atomic E-state index is 12.9. The van der Waals surface area contributed by atoms with Crippen molar-refractivity contribution in [2.24, 2.45) is 5.92 Å². The number of carbonyl (C=O) groups is 1. The Morgan fingerprint density at radius 2 is 1.86 bits per heavy atom. The molecule has 1 unspecified atom stereocenters. The summed E-state index contributed by atoms with van der Waals surface area (Å²) in [6.07, 6.45) is 6.38. The van der Waals surface area contributed by atoms with Crippen molar-refractivity contribution in [3.05, 3.63) is 64.9 Å². The van der Waals surface area contributed by atoms with Gasteiger partial charge in [0.2, 0.25) is 5.91 Å². The quantitative estimate of drug-likeness (QED) is 0.552. The zero-order valence-electron chi connectivity index (χ0n) is 16.9. The Morgan fingerprint density at radius 1 is 1.14 bits per heavy atom. The first-order chi connectivity index (χ1) is 14.2. The van der Waals surface area contributed by atoms with E-state index in [0.717, 1.165) is 59.5 Å². The van der Waals surface area contributed by atoms with E-state index >= 15 is 0 Å². The van der Waals surface area contributed by atoms with Crippen LogP contribution in [0.5, 0.6) is 0 Å². The Bertz CT molecular complexity index is 973. The lowest BCUT2D eigenvalue weighted by Gasteiger charge is -2.25. The molecule has 0 bridgehead atoms. The van der Waals surface area contributed by atoms with Gasteiger partial charge in [0, 0.05) is 17.5 Å². The predicted molar refractivity (Wildman–Crippen MR) is 118 cm³/mol. The average Bonchev–Trinajstić information content (AvgIpc) is 3.12. The van der Waals surface area contributed by atoms with Gasteiger partial charge in [0.15, 0.2) is 0 Å². The van der Waals surface area contributed by atoms with E-state index in [1.165, 1.54) is 6.42 Å². The van der Waals surface area contributed by atoms with Crippen molar-refractivity contribution in [2.75, 3.05) is 0 Å². The molecule has 0 radical (unpaired) electrons. The summed E-state index contributed by atoms with van der Waals surface area (Å²) < 4.78 is 2.23. The van der Waals surface area contributed by atoms with Crippen LogP contribution in [0.25, 0.3) is 11.0 Å². The summed E-state index contributed by atoms with van der Waals surface area (Å²) >= 11 is 6.06. The summed E-state index contributed by atoms with van der Waals surface area (Å²) in [6, 6.07) is 16.0. The highest BCUT2D eigenvalue weighted by molar-refractivity contribution is 6.30. The van der Waals surface area contributed by atoms with Crippen LogP contribution in [0.15, 0.2) is 48.5 Å². The van der Waals surface area contributed by atoms with E-state index in [0.29, 0.717) is 6.54 Å². The van der Waals surface area contributed by atoms with Gasteiger partial charge in [0.25, 0.3) is 0 Å². The van der Waals surface area contributed by atoms with Crippen molar-refractivity contribution in [2.45, 2.75) is 58.0 Å². The molecule has 5 heteroatoms. The normalized spacial score (nSPS) is 16.1. The zero-order chi connectivity index (χ0) is 20.2. The van der Waals surface area contributed by atoms with Crippen LogP contribution in [0, 0.1) is 5.92 Å². The highest BCUT2D eigenvalue weighted by Gasteiger charge is 2.26. The van der Waals surface area contributed by atoms with Crippen molar-refractivity contribution >= 4 is 28.5 Å². The van der Waals surface area contributed by atoms with Gasteiger partial charge in [-0.1, -0.05) is 62.1 Å². The Hall–Kier alpha value is -2.33. The fourth-order valence-electron chi connectivity index (χ4n) is 4.30. The largest absolute Gasteiger partial charge is 0.346 e. The molecule has 0 spiro atoms. The third kappa shape index (κ3) is 4.48. The molecular weight excluding hydrogens is 382 g/mol. The standard InChI is InChI=1S/C24H28ClN3O/c1-2-20(27-24(29)18-8-4-3-5-9-18)23-26-21-10-6-7-11-22(21)28(23)16-17-12-14-19(25)15-13-17/h6-7,10-15,18,20H,2-5,8-9,16H2,1H3,(H,27,29). The molecule has 4 nitrogen and oxygen atoms in total. The average molecular weight is 410 g/mol. The minimum atomic E-state index is -0.0934. The minimum Gasteiger partial charge on any atom is -0.346 e. The fraction of sp³-hybridized carbons (Fsp3) is 0.417. The molecule has 1 N–H and O–H groups in total. The Labute approximate surface area is 177 Å². The third-order valence-electron chi connectivity index (χ3n) is 5.95. The first kappa shape index (κ1) is 20.0. The number of imidazole rings is 1. The lowest BCUT2D eigenvalue weighted by molar-refractivity contribution is -0.126. The monoisotopic (exact) mass is 409 g/mol. The van der Waals surface area contributed by atoms with Gasteiger partial charge in [-0.15, -0.1) is 0 Å². The van der Waals surface area contributed by atoms with Crippen LogP contribution in [0.1, 0.15) is 62.9 Å². The zero-order valence-corrected chi connectivity index (χ0v) is 17.7. The van der Waals surface area contributed by atoms with Crippen LogP contribution >= 0.6 is 11.6 Å². The number of aromatic nitrogens is 2. The van der Waals surface area contributed by atoms with Crippen molar-refractivity contribution < 1.29 is 4.79 Å². The third-order valence-corrected chi connectivity index (χ3v) is 6.20. The fourth-order valence-corrected chi connectivity index (χ4v) is 4.43. The molecule has 4 rings (SSSR count). The molecule has 1 atom stereocenters. The predicted octanol–water partition coefficient (Wildman–Crippen LogP) is 5.89. The molecule has 0 aliphatic heterocycles. The smallest absolute Gasteiger partial charge is 0.223 e. The van der Waals surface area contributed by atoms with Gasteiger partial charge >= 0.3 is 0 Å². The molecule has 1 saturated carbocycles. The van der Waals surface area contributed by atoms with Crippen molar-refractivity contribution in [3.8, 4) is 0 Å². The second kappa shape index (κ2) is 9.00. The highest BCUT2D eigenvalue weighted by atomic mass is 35.5. The van der Waals surface area contributed by atoms with Gasteiger partial charge in [0.1, 0.15) is 5.82 Å². The number of benzene rings is 2. The highest BCUT2D eigenvalue weighted by Crippen LogP contribution is 2.27. The number of halogens is 1. The number of rotatable bonds is 6. The number of para-hydroxylation sites is 2. The van der Waals surface area contributed by atoms with Crippen LogP contribution in [-0.4, -0.2) is 15.5 Å². The number of hydrogen-bond acceptors (Lipinski definition) is 2. The van der Waals surface area contributed by atoms with E-state index in [1.54, 1.807) is 0 Å². The summed E-state index contributed by atoms with van der Waals surface area (Å²) in [7, 11) is 0. The number of amides is 1. The Morgan fingerprint density at radius 3 is 2.59 bits per heavy atom. The number of hydrogen-bond donors (Lipinski definition) is 1. The molecule has 152 valence electrons. The molecule has 2 aromatic carbocycles. The molecule has 1 aromatic heterocycles. The molecule has 1 aliphatic carbocycles. The van der Waals surface area contributed by atoms with Gasteiger partial charge in [-0.05, 0) is 49.1 Å². The second-order valence-electron chi connectivity index (χ2n) is 7.98. The Kier molecular flexibility index (Phi) is 6.19. The SMILES string of the molecule is CCC(NC(=O)C1CCCCC1)c1nc2ccccc2n1Cc1ccc(Cl)cc1. The van der Waals surface area contributed by atoms with Gasteiger partial charge in [-0.25, -0.2) is 4.98 Å². The maximum absolute atomic E-state index is 12.9. The number of carbonyl (C=O) groups excluding carboxylic acids is 1. The van der Waals surface area contributed by atoms with E-state index < -0.39 is 0 Å². The summed E-state index contributed by atoms with van der Waals surface area (Å²) in [5.41, 5.74) is 3.21. The number of fused-ring (bicyclic) bond motifs is 1. The number of nitrogens with one attached hydrogen (secondary N) is 1. The second-order valence-corrected chi connectivity index (χ2v) is 8.41. The maximum Gasteiger partial charge on any atom is 0.223 e. The first-order valence-corrected chi connectivity index (χ1v) is 11.0. The van der Waals surface area contributed by atoms with Gasteiger partial charge in [-0.3, -0.25) is 4.79 Å². The molecule has 1 fully saturated rings. The van der Waals surface area contributed by atoms with Gasteiger partial charge < -0.3 is 9.88 Å². The first-order valence-electron chi connectivity index (χ1n) is 10.7. The van der Waals surface area contributed by atoms with Crippen LogP contribution in [0.2, 0.25) is 5.02 Å². The topological polar surface area (TPSA) is 46.9 Å². The summed E-state index contributed by atoms with van der Waals surface area (Å²) in [5, 5.41) is 4.04. The minimum absolute atomic E-state index is 0.0934. The molecule has 1 amide bonds. The molecule has 3 aromatic rings. The summed E-state index contributed by atoms with van der Waals surface area (Å²) in [6.45, 7) is 2.81. The van der Waals surface area contributed by atoms with E-state index in [4.69, 9.17) is 16.6 Å². The number of nitrogens with zero attached hydrogens (tertiary/aromatic N) is 2. The summed E-state index contributed by atoms with van der Waals surface area (Å²) in [5.74, 6) is 1.25. The Balaban J connectivity index is 1.65. The van der Waals surface area contributed by atoms with Crippen LogP contribution in [0.3, 0.4) is 0 Å².